The minimum Gasteiger partial charge on any atom is -0.368 e. The number of hydrogen-bond acceptors (Lipinski definition) is 6. The van der Waals surface area contributed by atoms with Crippen LogP contribution in [0.25, 0.3) is 17.0 Å². The van der Waals surface area contributed by atoms with Crippen LogP contribution in [0.3, 0.4) is 0 Å². The highest BCUT2D eigenvalue weighted by molar-refractivity contribution is 5.71. The normalized spacial score (nSPS) is 11.8. The van der Waals surface area contributed by atoms with E-state index in [1.807, 2.05) is 25.1 Å². The number of aliphatic imine (C=N–C) groups is 1. The van der Waals surface area contributed by atoms with Crippen LogP contribution in [-0.4, -0.2) is 26.7 Å². The molecular formula is C14H14N6. The molecule has 2 aromatic heterocycles. The third kappa shape index (κ3) is 3.11. The van der Waals surface area contributed by atoms with Crippen molar-refractivity contribution in [1.29, 1.82) is 0 Å². The lowest BCUT2D eigenvalue weighted by molar-refractivity contribution is 1.04. The van der Waals surface area contributed by atoms with Gasteiger partial charge < -0.3 is 5.73 Å². The van der Waals surface area contributed by atoms with Crippen LogP contribution in [0.1, 0.15) is 12.7 Å². The number of nitrogens with two attached hydrogens (primary N) is 1. The van der Waals surface area contributed by atoms with Gasteiger partial charge in [-0.3, -0.25) is 9.98 Å². The quantitative estimate of drug-likeness (QED) is 0.676. The Labute approximate surface area is 116 Å². The van der Waals surface area contributed by atoms with Gasteiger partial charge in [-0.05, 0) is 31.9 Å². The number of rotatable bonds is 4. The molecule has 2 rings (SSSR count). The van der Waals surface area contributed by atoms with Crippen LogP contribution >= 0.6 is 0 Å². The standard InChI is InChI=1S/C14H14N6/c1-3-10(4-7-16-2)12-18-13(20-14(15)19-12)11-5-8-17-9-6-11/h3-9H,2H2,1H3,(H2,15,18,19,20)/b7-4-,10-3+. The molecular weight excluding hydrogens is 252 g/mol. The van der Waals surface area contributed by atoms with Crippen molar-refractivity contribution >= 4 is 18.2 Å². The van der Waals surface area contributed by atoms with Gasteiger partial charge in [-0.1, -0.05) is 6.08 Å². The minimum absolute atomic E-state index is 0.168. The van der Waals surface area contributed by atoms with Gasteiger partial charge in [0.15, 0.2) is 11.6 Å². The molecule has 0 aliphatic carbocycles. The van der Waals surface area contributed by atoms with E-state index < -0.39 is 0 Å². The number of hydrogen-bond donors (Lipinski definition) is 1. The van der Waals surface area contributed by atoms with E-state index in [1.165, 1.54) is 0 Å². The van der Waals surface area contributed by atoms with E-state index in [1.54, 1.807) is 24.7 Å². The fourth-order valence-electron chi connectivity index (χ4n) is 1.58. The average molecular weight is 266 g/mol. The Kier molecular flexibility index (Phi) is 4.28. The summed E-state index contributed by atoms with van der Waals surface area (Å²) in [5, 5.41) is 0. The molecule has 2 aromatic rings. The molecule has 0 bridgehead atoms. The van der Waals surface area contributed by atoms with Crippen molar-refractivity contribution in [2.45, 2.75) is 6.92 Å². The summed E-state index contributed by atoms with van der Waals surface area (Å²) < 4.78 is 0. The molecule has 0 unspecified atom stereocenters. The highest BCUT2D eigenvalue weighted by Gasteiger charge is 2.08. The van der Waals surface area contributed by atoms with Gasteiger partial charge in [0.25, 0.3) is 0 Å². The molecule has 0 aliphatic rings. The van der Waals surface area contributed by atoms with Crippen molar-refractivity contribution in [3.8, 4) is 11.4 Å². The highest BCUT2D eigenvalue weighted by Crippen LogP contribution is 2.18. The Morgan fingerprint density at radius 3 is 2.65 bits per heavy atom. The molecule has 100 valence electrons. The van der Waals surface area contributed by atoms with Gasteiger partial charge in [0, 0.05) is 29.7 Å². The molecule has 0 aromatic carbocycles. The van der Waals surface area contributed by atoms with Crippen LogP contribution in [0.2, 0.25) is 0 Å². The molecule has 2 heterocycles. The third-order valence-electron chi connectivity index (χ3n) is 2.52. The predicted octanol–water partition coefficient (Wildman–Crippen LogP) is 2.13. The summed E-state index contributed by atoms with van der Waals surface area (Å²) >= 11 is 0. The van der Waals surface area contributed by atoms with Crippen LogP contribution < -0.4 is 5.73 Å². The molecule has 6 nitrogen and oxygen atoms in total. The molecule has 0 fully saturated rings. The first-order valence-corrected chi connectivity index (χ1v) is 5.95. The lowest BCUT2D eigenvalue weighted by Crippen LogP contribution is -2.04. The first-order chi connectivity index (χ1) is 9.74. The molecule has 0 spiro atoms. The Balaban J connectivity index is 2.49. The molecule has 20 heavy (non-hydrogen) atoms. The van der Waals surface area contributed by atoms with Gasteiger partial charge in [-0.15, -0.1) is 0 Å². The van der Waals surface area contributed by atoms with E-state index in [2.05, 4.69) is 31.6 Å². The topological polar surface area (TPSA) is 89.9 Å². The number of allylic oxidation sites excluding steroid dienone is 3. The molecule has 0 atom stereocenters. The first-order valence-electron chi connectivity index (χ1n) is 5.95. The van der Waals surface area contributed by atoms with Crippen LogP contribution in [0.15, 0.2) is 47.9 Å². The van der Waals surface area contributed by atoms with Crippen LogP contribution in [0, 0.1) is 0 Å². The van der Waals surface area contributed by atoms with Crippen molar-refractivity contribution < 1.29 is 0 Å². The fourth-order valence-corrected chi connectivity index (χ4v) is 1.58. The molecule has 0 aliphatic heterocycles. The smallest absolute Gasteiger partial charge is 0.224 e. The van der Waals surface area contributed by atoms with Crippen molar-refractivity contribution in [2.24, 2.45) is 4.99 Å². The molecule has 0 saturated carbocycles. The Morgan fingerprint density at radius 1 is 1.25 bits per heavy atom. The summed E-state index contributed by atoms with van der Waals surface area (Å²) in [4.78, 5) is 20.3. The summed E-state index contributed by atoms with van der Waals surface area (Å²) in [6.45, 7) is 5.28. The minimum atomic E-state index is 0.168. The lowest BCUT2D eigenvalue weighted by Gasteiger charge is -2.05. The third-order valence-corrected chi connectivity index (χ3v) is 2.52. The maximum atomic E-state index is 5.75. The van der Waals surface area contributed by atoms with E-state index in [-0.39, 0.29) is 5.95 Å². The zero-order chi connectivity index (χ0) is 14.4. The Morgan fingerprint density at radius 2 is 2.00 bits per heavy atom. The van der Waals surface area contributed by atoms with Gasteiger partial charge in [0.1, 0.15) is 0 Å². The van der Waals surface area contributed by atoms with Crippen molar-refractivity contribution in [2.75, 3.05) is 5.73 Å². The van der Waals surface area contributed by atoms with Crippen LogP contribution in [0.5, 0.6) is 0 Å². The van der Waals surface area contributed by atoms with E-state index in [0.717, 1.165) is 11.1 Å². The zero-order valence-corrected chi connectivity index (χ0v) is 11.1. The Bertz CT molecular complexity index is 661. The van der Waals surface area contributed by atoms with Crippen molar-refractivity contribution in [3.05, 3.63) is 48.7 Å². The van der Waals surface area contributed by atoms with Gasteiger partial charge >= 0.3 is 0 Å². The van der Waals surface area contributed by atoms with E-state index in [4.69, 9.17) is 5.73 Å². The van der Waals surface area contributed by atoms with Crippen molar-refractivity contribution in [1.82, 2.24) is 19.9 Å². The Hall–Kier alpha value is -2.89. The second kappa shape index (κ2) is 6.33. The maximum Gasteiger partial charge on any atom is 0.224 e. The second-order valence-corrected chi connectivity index (χ2v) is 3.82. The van der Waals surface area contributed by atoms with Gasteiger partial charge in [0.2, 0.25) is 5.95 Å². The molecule has 0 saturated heterocycles. The largest absolute Gasteiger partial charge is 0.368 e. The highest BCUT2D eigenvalue weighted by atomic mass is 15.1. The van der Waals surface area contributed by atoms with E-state index in [9.17, 15) is 0 Å². The number of nitrogen functional groups attached to an aromatic ring is 1. The lowest BCUT2D eigenvalue weighted by atomic mass is 10.2. The number of nitrogens with zero attached hydrogens (tertiary/aromatic N) is 5. The summed E-state index contributed by atoms with van der Waals surface area (Å²) in [5.74, 6) is 1.17. The molecule has 2 N–H and O–H groups in total. The SMILES string of the molecule is C=N/C=C\C(=C/C)c1nc(N)nc(-c2ccncc2)n1. The predicted molar refractivity (Wildman–Crippen MR) is 79.8 cm³/mol. The molecule has 6 heteroatoms. The monoisotopic (exact) mass is 266 g/mol. The average Bonchev–Trinajstić information content (AvgIpc) is 2.48. The van der Waals surface area contributed by atoms with Gasteiger partial charge in [0.05, 0.1) is 0 Å². The number of aromatic nitrogens is 4. The summed E-state index contributed by atoms with van der Waals surface area (Å²) in [6.07, 6.45) is 8.55. The van der Waals surface area contributed by atoms with Gasteiger partial charge in [-0.25, -0.2) is 4.98 Å². The van der Waals surface area contributed by atoms with E-state index >= 15 is 0 Å². The van der Waals surface area contributed by atoms with Crippen molar-refractivity contribution in [3.63, 3.8) is 0 Å². The fraction of sp³-hybridized carbons (Fsp3) is 0.0714. The van der Waals surface area contributed by atoms with Crippen LogP contribution in [0.4, 0.5) is 5.95 Å². The first kappa shape index (κ1) is 13.5. The second-order valence-electron chi connectivity index (χ2n) is 3.82. The summed E-state index contributed by atoms with van der Waals surface area (Å²) in [7, 11) is 0. The molecule has 0 amide bonds. The summed E-state index contributed by atoms with van der Waals surface area (Å²) in [6, 6.07) is 3.63. The zero-order valence-electron chi connectivity index (χ0n) is 11.1. The maximum absolute atomic E-state index is 5.75. The number of pyridine rings is 1. The molecule has 0 radical (unpaired) electrons. The van der Waals surface area contributed by atoms with Crippen LogP contribution in [-0.2, 0) is 0 Å². The summed E-state index contributed by atoms with van der Waals surface area (Å²) in [5.41, 5.74) is 7.38. The van der Waals surface area contributed by atoms with E-state index in [0.29, 0.717) is 11.6 Å². The van der Waals surface area contributed by atoms with Gasteiger partial charge in [-0.2, -0.15) is 9.97 Å². The number of anilines is 1.